The van der Waals surface area contributed by atoms with Crippen molar-refractivity contribution in [1.29, 1.82) is 0 Å². The Morgan fingerprint density at radius 1 is 1.36 bits per heavy atom. The average molecular weight is 383 g/mol. The number of fused-ring (bicyclic) bond motifs is 1. The average Bonchev–Trinajstić information content (AvgIpc) is 3.31. The molecule has 0 spiro atoms. The van der Waals surface area contributed by atoms with E-state index in [4.69, 9.17) is 4.74 Å². The number of rotatable bonds is 4. The maximum Gasteiger partial charge on any atom is 0.321 e. The molecule has 1 aromatic carbocycles. The number of nitrogens with zero attached hydrogens (tertiary/aromatic N) is 3. The molecule has 0 aliphatic carbocycles. The van der Waals surface area contributed by atoms with Crippen LogP contribution in [0.25, 0.3) is 0 Å². The molecule has 0 radical (unpaired) electrons. The summed E-state index contributed by atoms with van der Waals surface area (Å²) in [5.74, 6) is -0.334. The van der Waals surface area contributed by atoms with E-state index in [2.05, 4.69) is 29.6 Å². The number of nitrogens with one attached hydrogen (secondary N) is 2. The van der Waals surface area contributed by atoms with Crippen LogP contribution in [0.1, 0.15) is 43.7 Å². The molecule has 148 valence electrons. The molecule has 1 aromatic heterocycles. The Morgan fingerprint density at radius 3 is 2.96 bits per heavy atom. The topological polar surface area (TPSA) is 88.5 Å². The minimum atomic E-state index is -0.298. The van der Waals surface area contributed by atoms with Crippen molar-refractivity contribution in [3.63, 3.8) is 0 Å². The van der Waals surface area contributed by atoms with Gasteiger partial charge < -0.3 is 20.3 Å². The Balaban J connectivity index is 1.51. The quantitative estimate of drug-likeness (QED) is 0.849. The van der Waals surface area contributed by atoms with Crippen molar-refractivity contribution >= 4 is 23.3 Å². The van der Waals surface area contributed by atoms with Crippen molar-refractivity contribution in [3.05, 3.63) is 41.7 Å². The number of carbonyl (C=O) groups excluding carboxylic acids is 2. The standard InChI is InChI=1S/C20H25N5O3/c1-12(2)25-17(6-8-21-25)18-15(7-9-28-18)19(26)22-14-4-5-16-13(10-14)11-24(3)20(27)23-16/h4-6,8,10,12,15,18H,7,9,11H2,1-3H3,(H,22,26)(H,23,27)/t15-,18-/m0/s1. The minimum Gasteiger partial charge on any atom is -0.371 e. The second-order valence-electron chi connectivity index (χ2n) is 7.63. The van der Waals surface area contributed by atoms with Crippen LogP contribution in [-0.4, -0.2) is 40.3 Å². The molecule has 3 amide bonds. The highest BCUT2D eigenvalue weighted by Gasteiger charge is 2.37. The van der Waals surface area contributed by atoms with Crippen LogP contribution in [0.5, 0.6) is 0 Å². The monoisotopic (exact) mass is 383 g/mol. The smallest absolute Gasteiger partial charge is 0.321 e. The van der Waals surface area contributed by atoms with Gasteiger partial charge in [-0.05, 0) is 50.1 Å². The lowest BCUT2D eigenvalue weighted by Crippen LogP contribution is -2.35. The predicted molar refractivity (Wildman–Crippen MR) is 105 cm³/mol. The number of hydrogen-bond acceptors (Lipinski definition) is 4. The Hall–Kier alpha value is -2.87. The highest BCUT2D eigenvalue weighted by Crippen LogP contribution is 2.36. The first kappa shape index (κ1) is 18.5. The molecule has 8 nitrogen and oxygen atoms in total. The van der Waals surface area contributed by atoms with Gasteiger partial charge in [-0.15, -0.1) is 0 Å². The summed E-state index contributed by atoms with van der Waals surface area (Å²) in [6, 6.07) is 7.54. The Bertz CT molecular complexity index is 907. The van der Waals surface area contributed by atoms with Gasteiger partial charge in [0, 0.05) is 43.8 Å². The van der Waals surface area contributed by atoms with E-state index >= 15 is 0 Å². The third kappa shape index (κ3) is 3.35. The van der Waals surface area contributed by atoms with Gasteiger partial charge in [0.1, 0.15) is 6.10 Å². The summed E-state index contributed by atoms with van der Waals surface area (Å²) >= 11 is 0. The van der Waals surface area contributed by atoms with Gasteiger partial charge in [0.05, 0.1) is 11.6 Å². The number of amides is 3. The van der Waals surface area contributed by atoms with Gasteiger partial charge in [0.2, 0.25) is 5.91 Å². The first-order chi connectivity index (χ1) is 13.4. The van der Waals surface area contributed by atoms with Crippen molar-refractivity contribution < 1.29 is 14.3 Å². The van der Waals surface area contributed by atoms with Crippen molar-refractivity contribution in [2.75, 3.05) is 24.3 Å². The summed E-state index contributed by atoms with van der Waals surface area (Å²) in [5.41, 5.74) is 3.40. The summed E-state index contributed by atoms with van der Waals surface area (Å²) in [6.07, 6.45) is 2.12. The molecule has 2 atom stereocenters. The molecule has 2 aliphatic heterocycles. The summed E-state index contributed by atoms with van der Waals surface area (Å²) in [5, 5.41) is 10.2. The van der Waals surface area contributed by atoms with Gasteiger partial charge in [0.25, 0.3) is 0 Å². The fraction of sp³-hybridized carbons (Fsp3) is 0.450. The molecule has 4 rings (SSSR count). The summed E-state index contributed by atoms with van der Waals surface area (Å²) in [6.45, 7) is 5.17. The zero-order chi connectivity index (χ0) is 19.8. The molecule has 0 bridgehead atoms. The molecule has 2 aliphatic rings. The number of carbonyl (C=O) groups is 2. The highest BCUT2D eigenvalue weighted by molar-refractivity contribution is 5.95. The number of anilines is 2. The molecule has 2 aromatic rings. The van der Waals surface area contributed by atoms with Crippen LogP contribution in [0, 0.1) is 5.92 Å². The van der Waals surface area contributed by atoms with Crippen LogP contribution in [-0.2, 0) is 16.1 Å². The van der Waals surface area contributed by atoms with E-state index in [1.54, 1.807) is 18.1 Å². The van der Waals surface area contributed by atoms with E-state index in [-0.39, 0.29) is 30.0 Å². The van der Waals surface area contributed by atoms with E-state index in [1.807, 2.05) is 28.9 Å². The maximum absolute atomic E-state index is 13.0. The molecule has 2 N–H and O–H groups in total. The Kier molecular flexibility index (Phi) is 4.80. The molecular formula is C20H25N5O3. The normalized spacial score (nSPS) is 21.6. The van der Waals surface area contributed by atoms with Crippen molar-refractivity contribution in [3.8, 4) is 0 Å². The van der Waals surface area contributed by atoms with Crippen LogP contribution >= 0.6 is 0 Å². The Labute approximate surface area is 163 Å². The van der Waals surface area contributed by atoms with Gasteiger partial charge in [0.15, 0.2) is 0 Å². The van der Waals surface area contributed by atoms with Crippen LogP contribution in [0.4, 0.5) is 16.2 Å². The third-order valence-corrected chi connectivity index (χ3v) is 5.28. The van der Waals surface area contributed by atoms with E-state index in [0.717, 1.165) is 22.6 Å². The van der Waals surface area contributed by atoms with Gasteiger partial charge >= 0.3 is 6.03 Å². The first-order valence-electron chi connectivity index (χ1n) is 9.55. The molecule has 1 fully saturated rings. The van der Waals surface area contributed by atoms with E-state index < -0.39 is 0 Å². The van der Waals surface area contributed by atoms with E-state index in [1.165, 1.54) is 0 Å². The van der Waals surface area contributed by atoms with Crippen LogP contribution in [0.3, 0.4) is 0 Å². The van der Waals surface area contributed by atoms with Crippen molar-refractivity contribution in [1.82, 2.24) is 14.7 Å². The lowest BCUT2D eigenvalue weighted by atomic mass is 9.97. The number of benzene rings is 1. The summed E-state index contributed by atoms with van der Waals surface area (Å²) in [7, 11) is 1.74. The third-order valence-electron chi connectivity index (χ3n) is 5.28. The fourth-order valence-corrected chi connectivity index (χ4v) is 3.83. The van der Waals surface area contributed by atoms with Gasteiger partial charge in [-0.2, -0.15) is 5.10 Å². The van der Waals surface area contributed by atoms with Crippen molar-refractivity contribution in [2.45, 2.75) is 39.0 Å². The maximum atomic E-state index is 13.0. The summed E-state index contributed by atoms with van der Waals surface area (Å²) < 4.78 is 7.81. The van der Waals surface area contributed by atoms with E-state index in [9.17, 15) is 9.59 Å². The van der Waals surface area contributed by atoms with Gasteiger partial charge in [-0.3, -0.25) is 9.48 Å². The minimum absolute atomic E-state index is 0.0628. The molecule has 1 saturated heterocycles. The molecule has 3 heterocycles. The zero-order valence-corrected chi connectivity index (χ0v) is 16.3. The van der Waals surface area contributed by atoms with Crippen LogP contribution in [0.2, 0.25) is 0 Å². The lowest BCUT2D eigenvalue weighted by molar-refractivity contribution is -0.121. The largest absolute Gasteiger partial charge is 0.371 e. The zero-order valence-electron chi connectivity index (χ0n) is 16.3. The molecule has 28 heavy (non-hydrogen) atoms. The van der Waals surface area contributed by atoms with Gasteiger partial charge in [-0.25, -0.2) is 4.79 Å². The lowest BCUT2D eigenvalue weighted by Gasteiger charge is -2.26. The predicted octanol–water partition coefficient (Wildman–Crippen LogP) is 3.16. The molecule has 0 unspecified atom stereocenters. The van der Waals surface area contributed by atoms with Crippen LogP contribution < -0.4 is 10.6 Å². The number of urea groups is 1. The van der Waals surface area contributed by atoms with Gasteiger partial charge in [-0.1, -0.05) is 0 Å². The SMILES string of the molecule is CC(C)n1nccc1[C@H]1OCC[C@@H]1C(=O)Nc1ccc2c(c1)CN(C)C(=O)N2. The van der Waals surface area contributed by atoms with Crippen molar-refractivity contribution in [2.24, 2.45) is 5.92 Å². The van der Waals surface area contributed by atoms with E-state index in [0.29, 0.717) is 19.6 Å². The second-order valence-corrected chi connectivity index (χ2v) is 7.63. The fourth-order valence-electron chi connectivity index (χ4n) is 3.83. The number of ether oxygens (including phenoxy) is 1. The molecule has 8 heteroatoms. The number of aromatic nitrogens is 2. The summed E-state index contributed by atoms with van der Waals surface area (Å²) in [4.78, 5) is 26.3. The number of hydrogen-bond donors (Lipinski definition) is 2. The second kappa shape index (κ2) is 7.27. The highest BCUT2D eigenvalue weighted by atomic mass is 16.5. The first-order valence-corrected chi connectivity index (χ1v) is 9.55. The van der Waals surface area contributed by atoms with Crippen LogP contribution in [0.15, 0.2) is 30.5 Å². The molecule has 0 saturated carbocycles. The molecular weight excluding hydrogens is 358 g/mol. The Morgan fingerprint density at radius 2 is 2.18 bits per heavy atom.